The van der Waals surface area contributed by atoms with Crippen molar-refractivity contribution < 1.29 is 13.2 Å². The van der Waals surface area contributed by atoms with Crippen LogP contribution in [0.15, 0.2) is 30.5 Å². The highest BCUT2D eigenvalue weighted by Crippen LogP contribution is 2.22. The van der Waals surface area contributed by atoms with E-state index in [1.807, 2.05) is 43.3 Å². The van der Waals surface area contributed by atoms with Crippen LogP contribution in [0.3, 0.4) is 0 Å². The Kier molecular flexibility index (Phi) is 4.86. The number of aromatic amines is 1. The van der Waals surface area contributed by atoms with Crippen molar-refractivity contribution in [1.29, 1.82) is 0 Å². The molecule has 0 bridgehead atoms. The molecule has 136 valence electrons. The number of para-hydroxylation sites is 1. The van der Waals surface area contributed by atoms with Crippen molar-refractivity contribution in [3.63, 3.8) is 0 Å². The van der Waals surface area contributed by atoms with E-state index in [4.69, 9.17) is 0 Å². The second-order valence-electron chi connectivity index (χ2n) is 6.93. The zero-order valence-electron chi connectivity index (χ0n) is 14.7. The number of hydrogen-bond donors (Lipinski definition) is 2. The summed E-state index contributed by atoms with van der Waals surface area (Å²) in [4.78, 5) is 17.9. The van der Waals surface area contributed by atoms with E-state index in [1.54, 1.807) is 6.20 Å². The van der Waals surface area contributed by atoms with E-state index in [-0.39, 0.29) is 17.9 Å². The molecule has 2 heterocycles. The van der Waals surface area contributed by atoms with Gasteiger partial charge in [-0.1, -0.05) is 18.2 Å². The first-order valence-electron chi connectivity index (χ1n) is 8.22. The number of hydrogen-bond acceptors (Lipinski definition) is 4. The molecule has 0 unspecified atom stereocenters. The Hall–Kier alpha value is -1.90. The Morgan fingerprint density at radius 2 is 2.04 bits per heavy atom. The van der Waals surface area contributed by atoms with Gasteiger partial charge in [0.05, 0.1) is 11.8 Å². The normalized spacial score (nSPS) is 21.9. The fourth-order valence-corrected chi connectivity index (χ4v) is 4.32. The first-order valence-corrected chi connectivity index (χ1v) is 10.1. The van der Waals surface area contributed by atoms with Crippen molar-refractivity contribution in [2.75, 3.05) is 40.0 Å². The summed E-state index contributed by atoms with van der Waals surface area (Å²) in [6.45, 7) is 1.45. The molecule has 2 atom stereocenters. The Labute approximate surface area is 148 Å². The van der Waals surface area contributed by atoms with Crippen LogP contribution in [-0.2, 0) is 10.0 Å². The number of carbonyl (C=O) groups excluding carboxylic acids is 1. The third kappa shape index (κ3) is 3.86. The minimum Gasteiger partial charge on any atom is -0.360 e. The van der Waals surface area contributed by atoms with Crippen LogP contribution in [0.5, 0.6) is 0 Å². The van der Waals surface area contributed by atoms with Crippen molar-refractivity contribution >= 4 is 26.8 Å². The maximum Gasteiger partial charge on any atom is 0.253 e. The van der Waals surface area contributed by atoms with E-state index < -0.39 is 10.0 Å². The molecule has 7 nitrogen and oxygen atoms in total. The van der Waals surface area contributed by atoms with Crippen molar-refractivity contribution in [3.05, 3.63) is 36.0 Å². The summed E-state index contributed by atoms with van der Waals surface area (Å²) in [6.07, 6.45) is 2.91. The van der Waals surface area contributed by atoms with Gasteiger partial charge in [0.25, 0.3) is 5.91 Å². The number of H-pyrrole nitrogens is 1. The maximum atomic E-state index is 12.8. The van der Waals surface area contributed by atoms with Gasteiger partial charge < -0.3 is 15.2 Å². The topological polar surface area (TPSA) is 85.5 Å². The predicted octanol–water partition coefficient (Wildman–Crippen LogP) is 0.719. The van der Waals surface area contributed by atoms with Crippen LogP contribution in [-0.4, -0.2) is 74.5 Å². The van der Waals surface area contributed by atoms with E-state index in [0.717, 1.165) is 10.9 Å². The standard InChI is InChI=1S/C17H24N4O3S/c1-20(2)9-12-10-21(25(3,23)24)11-16(12)19-17(22)14-8-18-15-7-5-4-6-13(14)15/h4-8,12,16,18H,9-11H2,1-3H3,(H,19,22)/t12-,16-/m1/s1. The molecule has 2 N–H and O–H groups in total. The Morgan fingerprint density at radius 3 is 2.72 bits per heavy atom. The number of nitrogens with zero attached hydrogens (tertiary/aromatic N) is 2. The van der Waals surface area contributed by atoms with Gasteiger partial charge in [-0.05, 0) is 20.2 Å². The zero-order valence-corrected chi connectivity index (χ0v) is 15.5. The molecule has 2 aromatic rings. The van der Waals surface area contributed by atoms with Crippen LogP contribution in [0.25, 0.3) is 10.9 Å². The molecule has 0 radical (unpaired) electrons. The number of nitrogens with one attached hydrogen (secondary N) is 2. The lowest BCUT2D eigenvalue weighted by atomic mass is 10.0. The van der Waals surface area contributed by atoms with Gasteiger partial charge in [0.15, 0.2) is 0 Å². The average Bonchev–Trinajstić information content (AvgIpc) is 3.11. The van der Waals surface area contributed by atoms with E-state index in [1.165, 1.54) is 10.6 Å². The van der Waals surface area contributed by atoms with Gasteiger partial charge in [-0.2, -0.15) is 4.31 Å². The molecular weight excluding hydrogens is 340 g/mol. The summed E-state index contributed by atoms with van der Waals surface area (Å²) >= 11 is 0. The van der Waals surface area contributed by atoms with Crippen molar-refractivity contribution in [2.24, 2.45) is 5.92 Å². The number of carbonyl (C=O) groups is 1. The average molecular weight is 364 g/mol. The molecule has 25 heavy (non-hydrogen) atoms. The second-order valence-corrected chi connectivity index (χ2v) is 8.91. The molecule has 1 aromatic heterocycles. The second kappa shape index (κ2) is 6.78. The van der Waals surface area contributed by atoms with Gasteiger partial charge in [-0.25, -0.2) is 8.42 Å². The lowest BCUT2D eigenvalue weighted by Crippen LogP contribution is -2.43. The van der Waals surface area contributed by atoms with Gasteiger partial charge in [0.2, 0.25) is 10.0 Å². The molecule has 1 saturated heterocycles. The van der Waals surface area contributed by atoms with Crippen LogP contribution in [0.1, 0.15) is 10.4 Å². The lowest BCUT2D eigenvalue weighted by molar-refractivity contribution is 0.0929. The minimum atomic E-state index is -3.27. The predicted molar refractivity (Wildman–Crippen MR) is 98.0 cm³/mol. The summed E-state index contributed by atoms with van der Waals surface area (Å²) in [5.74, 6) is -0.125. The smallest absolute Gasteiger partial charge is 0.253 e. The summed E-state index contributed by atoms with van der Waals surface area (Å²) < 4.78 is 25.2. The van der Waals surface area contributed by atoms with E-state index in [9.17, 15) is 13.2 Å². The van der Waals surface area contributed by atoms with Gasteiger partial charge in [-0.3, -0.25) is 4.79 Å². The number of rotatable bonds is 5. The zero-order chi connectivity index (χ0) is 18.2. The molecule has 1 aromatic carbocycles. The molecule has 1 amide bonds. The van der Waals surface area contributed by atoms with Crippen molar-refractivity contribution in [1.82, 2.24) is 19.5 Å². The maximum absolute atomic E-state index is 12.8. The van der Waals surface area contributed by atoms with Gasteiger partial charge >= 0.3 is 0 Å². The van der Waals surface area contributed by atoms with E-state index in [2.05, 4.69) is 10.3 Å². The van der Waals surface area contributed by atoms with Gasteiger partial charge in [0.1, 0.15) is 0 Å². The fourth-order valence-electron chi connectivity index (χ4n) is 3.43. The molecule has 0 spiro atoms. The molecule has 1 fully saturated rings. The third-order valence-electron chi connectivity index (χ3n) is 4.63. The monoisotopic (exact) mass is 364 g/mol. The van der Waals surface area contributed by atoms with Gasteiger partial charge in [0, 0.05) is 48.7 Å². The summed E-state index contributed by atoms with van der Waals surface area (Å²) in [5.41, 5.74) is 1.48. The molecule has 1 aliphatic rings. The minimum absolute atomic E-state index is 0.0545. The number of benzene rings is 1. The largest absolute Gasteiger partial charge is 0.360 e. The summed E-state index contributed by atoms with van der Waals surface area (Å²) in [5, 5.41) is 3.90. The molecule has 0 saturated carbocycles. The lowest BCUT2D eigenvalue weighted by Gasteiger charge is -2.22. The van der Waals surface area contributed by atoms with Crippen LogP contribution < -0.4 is 5.32 Å². The Morgan fingerprint density at radius 1 is 1.32 bits per heavy atom. The summed E-state index contributed by atoms with van der Waals surface area (Å²) in [7, 11) is 0.621. The number of amides is 1. The molecule has 3 rings (SSSR count). The van der Waals surface area contributed by atoms with Crippen molar-refractivity contribution in [2.45, 2.75) is 6.04 Å². The number of aromatic nitrogens is 1. The molecule has 1 aliphatic heterocycles. The van der Waals surface area contributed by atoms with Crippen LogP contribution in [0, 0.1) is 5.92 Å². The molecular formula is C17H24N4O3S. The van der Waals surface area contributed by atoms with E-state index in [0.29, 0.717) is 25.2 Å². The third-order valence-corrected chi connectivity index (χ3v) is 5.86. The summed E-state index contributed by atoms with van der Waals surface area (Å²) in [6, 6.07) is 7.41. The van der Waals surface area contributed by atoms with Crippen molar-refractivity contribution in [3.8, 4) is 0 Å². The fraction of sp³-hybridized carbons (Fsp3) is 0.471. The SMILES string of the molecule is CN(C)C[C@@H]1CN(S(C)(=O)=O)C[C@H]1NC(=O)c1c[nH]c2ccccc12. The quantitative estimate of drug-likeness (QED) is 0.819. The molecule has 8 heteroatoms. The van der Waals surface area contributed by atoms with Gasteiger partial charge in [-0.15, -0.1) is 0 Å². The first kappa shape index (κ1) is 17.9. The van der Waals surface area contributed by atoms with E-state index >= 15 is 0 Å². The number of fused-ring (bicyclic) bond motifs is 1. The first-order chi connectivity index (χ1) is 11.8. The number of sulfonamides is 1. The molecule has 0 aliphatic carbocycles. The highest BCUT2D eigenvalue weighted by molar-refractivity contribution is 7.88. The highest BCUT2D eigenvalue weighted by Gasteiger charge is 2.38. The Balaban J connectivity index is 1.80. The van der Waals surface area contributed by atoms with Crippen LogP contribution >= 0.6 is 0 Å². The Bertz CT molecular complexity index is 875. The van der Waals surface area contributed by atoms with Crippen LogP contribution in [0.4, 0.5) is 0 Å². The highest BCUT2D eigenvalue weighted by atomic mass is 32.2. The van der Waals surface area contributed by atoms with Crippen LogP contribution in [0.2, 0.25) is 0 Å².